The maximum absolute atomic E-state index is 12.8. The largest absolute Gasteiger partial charge is 0.337 e. The molecule has 7 heteroatoms. The molecule has 2 aliphatic rings. The van der Waals surface area contributed by atoms with Crippen LogP contribution in [0.3, 0.4) is 0 Å². The minimum Gasteiger partial charge on any atom is -0.337 e. The Hall–Kier alpha value is -1.08. The topological polar surface area (TPSA) is 68.2 Å². The molecule has 1 saturated heterocycles. The molecule has 0 spiro atoms. The summed E-state index contributed by atoms with van der Waals surface area (Å²) < 4.78 is 30.7. The van der Waals surface area contributed by atoms with Gasteiger partial charge in [0.1, 0.15) is 5.54 Å². The number of likely N-dealkylation sites (N-methyl/N-ethyl adjacent to an activating group) is 1. The first-order valence-electron chi connectivity index (χ1n) is 6.55. The van der Waals surface area contributed by atoms with Gasteiger partial charge in [0.15, 0.2) is 5.82 Å². The molecule has 1 aromatic heterocycles. The van der Waals surface area contributed by atoms with Crippen molar-refractivity contribution in [3.8, 4) is 0 Å². The fourth-order valence-corrected chi connectivity index (χ4v) is 2.93. The molecule has 0 amide bonds. The molecule has 19 heavy (non-hydrogen) atoms. The maximum Gasteiger partial charge on any atom is 0.248 e. The molecule has 1 atom stereocenters. The summed E-state index contributed by atoms with van der Waals surface area (Å²) in [5, 5.41) is 3.87. The smallest absolute Gasteiger partial charge is 0.248 e. The Bertz CT molecular complexity index is 470. The van der Waals surface area contributed by atoms with Crippen LogP contribution >= 0.6 is 0 Å². The van der Waals surface area contributed by atoms with Crippen LogP contribution < -0.4 is 5.73 Å². The molecule has 1 aromatic rings. The molecule has 0 aromatic carbocycles. The molecule has 1 aliphatic heterocycles. The summed E-state index contributed by atoms with van der Waals surface area (Å²) in [5.41, 5.74) is 5.65. The lowest BCUT2D eigenvalue weighted by molar-refractivity contribution is -0.110. The molecule has 0 bridgehead atoms. The first-order chi connectivity index (χ1) is 8.86. The van der Waals surface area contributed by atoms with Crippen LogP contribution in [0.2, 0.25) is 0 Å². The van der Waals surface area contributed by atoms with Crippen molar-refractivity contribution in [2.75, 3.05) is 20.1 Å². The van der Waals surface area contributed by atoms with E-state index in [1.807, 2.05) is 7.05 Å². The fourth-order valence-electron chi connectivity index (χ4n) is 2.93. The summed E-state index contributed by atoms with van der Waals surface area (Å²) in [6, 6.07) is 0. The lowest BCUT2D eigenvalue weighted by Gasteiger charge is -2.34. The Kier molecular flexibility index (Phi) is 2.86. The van der Waals surface area contributed by atoms with E-state index in [1.165, 1.54) is 0 Å². The van der Waals surface area contributed by atoms with E-state index in [-0.39, 0.29) is 18.8 Å². The van der Waals surface area contributed by atoms with Crippen molar-refractivity contribution in [3.63, 3.8) is 0 Å². The Morgan fingerprint density at radius 2 is 2.21 bits per heavy atom. The Morgan fingerprint density at radius 1 is 1.47 bits per heavy atom. The molecular formula is C12H18F2N4O. The zero-order chi connectivity index (χ0) is 13.7. The van der Waals surface area contributed by atoms with Gasteiger partial charge < -0.3 is 15.2 Å². The predicted molar refractivity (Wildman–Crippen MR) is 63.7 cm³/mol. The van der Waals surface area contributed by atoms with Gasteiger partial charge in [-0.15, -0.1) is 0 Å². The molecule has 1 unspecified atom stereocenters. The number of aromatic nitrogens is 2. The predicted octanol–water partition coefficient (Wildman–Crippen LogP) is 1.15. The number of halogens is 2. The van der Waals surface area contributed by atoms with Crippen molar-refractivity contribution in [2.45, 2.75) is 37.1 Å². The summed E-state index contributed by atoms with van der Waals surface area (Å²) in [5.74, 6) is -1.62. The summed E-state index contributed by atoms with van der Waals surface area (Å²) >= 11 is 0. The van der Waals surface area contributed by atoms with Crippen molar-refractivity contribution in [1.82, 2.24) is 15.0 Å². The van der Waals surface area contributed by atoms with Gasteiger partial charge in [-0.05, 0) is 19.4 Å². The maximum atomic E-state index is 12.8. The molecule has 2 N–H and O–H groups in total. The molecule has 2 heterocycles. The average Bonchev–Trinajstić information content (AvgIpc) is 2.84. The van der Waals surface area contributed by atoms with Crippen molar-refractivity contribution in [3.05, 3.63) is 11.7 Å². The second-order valence-electron chi connectivity index (χ2n) is 5.99. The highest BCUT2D eigenvalue weighted by molar-refractivity contribution is 5.07. The van der Waals surface area contributed by atoms with Crippen molar-refractivity contribution in [1.29, 1.82) is 0 Å². The number of hydrogen-bond donors (Lipinski definition) is 1. The number of nitrogens with two attached hydrogens (primary N) is 1. The summed E-state index contributed by atoms with van der Waals surface area (Å²) in [6.45, 7) is 1.57. The first-order valence-corrected chi connectivity index (χ1v) is 6.55. The minimum atomic E-state index is -2.50. The van der Waals surface area contributed by atoms with Gasteiger partial charge in [-0.3, -0.25) is 0 Å². The van der Waals surface area contributed by atoms with Crippen LogP contribution in [0.5, 0.6) is 0 Å². The van der Waals surface area contributed by atoms with Gasteiger partial charge in [-0.1, -0.05) is 5.16 Å². The molecule has 106 valence electrons. The van der Waals surface area contributed by atoms with Gasteiger partial charge in [-0.25, -0.2) is 8.78 Å². The Balaban J connectivity index is 1.64. The number of likely N-dealkylation sites (tertiary alicyclic amines) is 1. The third-order valence-corrected chi connectivity index (χ3v) is 4.03. The van der Waals surface area contributed by atoms with Crippen molar-refractivity contribution < 1.29 is 13.3 Å². The lowest BCUT2D eigenvalue weighted by Crippen LogP contribution is -2.39. The highest BCUT2D eigenvalue weighted by Gasteiger charge is 2.46. The van der Waals surface area contributed by atoms with Crippen LogP contribution in [-0.2, 0) is 12.0 Å². The van der Waals surface area contributed by atoms with E-state index in [0.29, 0.717) is 24.7 Å². The molecular weight excluding hydrogens is 254 g/mol. The van der Waals surface area contributed by atoms with Crippen LogP contribution in [0.25, 0.3) is 0 Å². The number of hydrogen-bond acceptors (Lipinski definition) is 5. The Morgan fingerprint density at radius 3 is 2.79 bits per heavy atom. The van der Waals surface area contributed by atoms with E-state index < -0.39 is 11.5 Å². The zero-order valence-corrected chi connectivity index (χ0v) is 10.9. The second kappa shape index (κ2) is 4.21. The van der Waals surface area contributed by atoms with Crippen LogP contribution in [0.15, 0.2) is 4.52 Å². The summed E-state index contributed by atoms with van der Waals surface area (Å²) in [4.78, 5) is 6.40. The van der Waals surface area contributed by atoms with E-state index in [1.54, 1.807) is 0 Å². The van der Waals surface area contributed by atoms with E-state index >= 15 is 0 Å². The highest BCUT2D eigenvalue weighted by Crippen LogP contribution is 2.43. The van der Waals surface area contributed by atoms with Gasteiger partial charge in [0.25, 0.3) is 0 Å². The average molecular weight is 272 g/mol. The number of rotatable bonds is 3. The van der Waals surface area contributed by atoms with Crippen LogP contribution in [0.4, 0.5) is 8.78 Å². The monoisotopic (exact) mass is 272 g/mol. The molecule has 0 radical (unpaired) electrons. The minimum absolute atomic E-state index is 0.0413. The van der Waals surface area contributed by atoms with Gasteiger partial charge in [0, 0.05) is 32.4 Å². The van der Waals surface area contributed by atoms with Crippen molar-refractivity contribution in [2.24, 2.45) is 11.7 Å². The normalized spacial score (nSPS) is 31.6. The van der Waals surface area contributed by atoms with E-state index in [0.717, 1.165) is 13.0 Å². The third kappa shape index (κ3) is 2.49. The van der Waals surface area contributed by atoms with Gasteiger partial charge >= 0.3 is 0 Å². The lowest BCUT2D eigenvalue weighted by atomic mass is 9.79. The van der Waals surface area contributed by atoms with Crippen LogP contribution in [0, 0.1) is 5.92 Å². The summed E-state index contributed by atoms with van der Waals surface area (Å²) in [7, 11) is 1.99. The molecule has 1 saturated carbocycles. The zero-order valence-electron chi connectivity index (χ0n) is 10.9. The van der Waals surface area contributed by atoms with E-state index in [2.05, 4.69) is 15.0 Å². The fraction of sp³-hybridized carbons (Fsp3) is 0.833. The highest BCUT2D eigenvalue weighted by atomic mass is 19.3. The van der Waals surface area contributed by atoms with E-state index in [4.69, 9.17) is 10.3 Å². The van der Waals surface area contributed by atoms with Crippen LogP contribution in [0.1, 0.15) is 31.0 Å². The number of alkyl halides is 2. The molecule has 2 fully saturated rings. The van der Waals surface area contributed by atoms with Crippen LogP contribution in [-0.4, -0.2) is 41.1 Å². The number of nitrogens with zero attached hydrogens (tertiary/aromatic N) is 3. The molecule has 3 rings (SSSR count). The van der Waals surface area contributed by atoms with Gasteiger partial charge in [0.05, 0.1) is 0 Å². The molecule has 1 aliphatic carbocycles. The van der Waals surface area contributed by atoms with Gasteiger partial charge in [-0.2, -0.15) is 4.98 Å². The Labute approximate surface area is 110 Å². The molecule has 5 nitrogen and oxygen atoms in total. The second-order valence-corrected chi connectivity index (χ2v) is 5.99. The standard InChI is InChI=1S/C12H18F2N4O/c1-18-3-2-11(15,7-18)10-16-9(17-19-10)4-8-5-12(13,14)6-8/h8H,2-7,15H2,1H3. The third-order valence-electron chi connectivity index (χ3n) is 4.03. The van der Waals surface area contributed by atoms with E-state index in [9.17, 15) is 8.78 Å². The SMILES string of the molecule is CN1CCC(N)(c2nc(CC3CC(F)(F)C3)no2)C1. The summed E-state index contributed by atoms with van der Waals surface area (Å²) in [6.07, 6.45) is 1.07. The van der Waals surface area contributed by atoms with Gasteiger partial charge in [0.2, 0.25) is 11.8 Å². The van der Waals surface area contributed by atoms with Crippen molar-refractivity contribution >= 4 is 0 Å². The first kappa shape index (κ1) is 12.9. The quantitative estimate of drug-likeness (QED) is 0.894.